The van der Waals surface area contributed by atoms with E-state index in [9.17, 15) is 39.3 Å². The van der Waals surface area contributed by atoms with Crippen LogP contribution in [0.1, 0.15) is 131 Å². The Kier molecular flexibility index (Phi) is 23.5. The third-order valence-corrected chi connectivity index (χ3v) is 18.0. The number of carbonyl (C=O) groups excluding carboxylic acids is 4. The Morgan fingerprint density at radius 1 is 0.855 bits per heavy atom. The molecular formula is C62H96N4O17. The van der Waals surface area contributed by atoms with Crippen LogP contribution in [0.3, 0.4) is 0 Å². The molecule has 0 saturated carbocycles. The van der Waals surface area contributed by atoms with Gasteiger partial charge in [0.05, 0.1) is 67.1 Å². The molecule has 3 N–H and O–H groups in total. The van der Waals surface area contributed by atoms with Gasteiger partial charge in [0, 0.05) is 101 Å². The molecule has 2 aromatic rings. The van der Waals surface area contributed by atoms with Crippen molar-refractivity contribution in [2.24, 2.45) is 23.7 Å². The zero-order valence-corrected chi connectivity index (χ0v) is 52.0. The van der Waals surface area contributed by atoms with E-state index in [-0.39, 0.29) is 61.2 Å². The Morgan fingerprint density at radius 2 is 1.51 bits per heavy atom. The molecule has 1 aromatic heterocycles. The first kappa shape index (κ1) is 67.7. The summed E-state index contributed by atoms with van der Waals surface area (Å²) in [5.41, 5.74) is -3.51. The molecule has 466 valence electrons. The molecule has 6 rings (SSSR count). The second kappa shape index (κ2) is 28.9. The molecule has 0 radical (unpaired) electrons. The number of rotatable bonds is 16. The van der Waals surface area contributed by atoms with Crippen LogP contribution in [0.5, 0.6) is 0 Å². The number of aromatic nitrogens is 1. The van der Waals surface area contributed by atoms with Crippen molar-refractivity contribution in [3.05, 3.63) is 45.7 Å². The van der Waals surface area contributed by atoms with Gasteiger partial charge in [-0.3, -0.25) is 24.1 Å². The number of carbonyl (C=O) groups is 4. The highest BCUT2D eigenvalue weighted by molar-refractivity contribution is 5.94. The van der Waals surface area contributed by atoms with E-state index in [1.165, 1.54) is 21.1 Å². The summed E-state index contributed by atoms with van der Waals surface area (Å²) >= 11 is 0. The van der Waals surface area contributed by atoms with Crippen molar-refractivity contribution < 1.29 is 77.1 Å². The number of cyclic esters (lactones) is 1. The van der Waals surface area contributed by atoms with Gasteiger partial charge in [0.25, 0.3) is 0 Å². The van der Waals surface area contributed by atoms with Crippen molar-refractivity contribution in [2.75, 3.05) is 74.2 Å². The number of aliphatic hydroxyl groups excluding tert-OH is 2. The third kappa shape index (κ3) is 15.6. The van der Waals surface area contributed by atoms with Crippen LogP contribution in [-0.4, -0.2) is 217 Å². The number of nitrogens with zero attached hydrogens (tertiary/aromatic N) is 4. The summed E-state index contributed by atoms with van der Waals surface area (Å²) in [7, 11) is 6.77. The Hall–Kier alpha value is -4.41. The van der Waals surface area contributed by atoms with E-state index < -0.39 is 114 Å². The molecule has 4 aliphatic heterocycles. The predicted molar refractivity (Wildman–Crippen MR) is 309 cm³/mol. The first-order valence-corrected chi connectivity index (χ1v) is 29.8. The summed E-state index contributed by atoms with van der Waals surface area (Å²) in [5, 5.41) is 35.8. The SMILES string of the molecule is CCOC(=O)c1cn(CC)c2ccc(C#CCN3CCN(CCC(=O)O[C@H]4[C@H](C)O[C@@H](O[C@H]5[C@H](C)[C@@H](O[C@H]6O[C@@H](C)C[C@@H](N(C)C)[C@@H]6O)[C@](C)(OC)C[C@@H](C)C(=O)[C@H](C)[C@@H](O)[C@](C)(O)[C@@H](CC)OC(=O)[C@@H]5C)C[C@@]4(C)OC)CC3)cc2c1=O. The van der Waals surface area contributed by atoms with Crippen LogP contribution in [0.15, 0.2) is 29.2 Å². The summed E-state index contributed by atoms with van der Waals surface area (Å²) in [6.07, 6.45) is -7.81. The quantitative estimate of drug-likeness (QED) is 0.119. The smallest absolute Gasteiger partial charge is 0.343 e. The Balaban J connectivity index is 1.15. The van der Waals surface area contributed by atoms with Crippen molar-refractivity contribution >= 4 is 34.6 Å². The van der Waals surface area contributed by atoms with E-state index in [1.807, 2.05) is 63.4 Å². The summed E-state index contributed by atoms with van der Waals surface area (Å²) in [6.45, 7) is 25.3. The van der Waals surface area contributed by atoms with Gasteiger partial charge < -0.3 is 72.3 Å². The molecule has 0 spiro atoms. The summed E-state index contributed by atoms with van der Waals surface area (Å²) in [4.78, 5) is 74.9. The van der Waals surface area contributed by atoms with Gasteiger partial charge in [0.15, 0.2) is 18.7 Å². The monoisotopic (exact) mass is 1170 g/mol. The first-order chi connectivity index (χ1) is 39.1. The van der Waals surface area contributed by atoms with Gasteiger partial charge in [0.1, 0.15) is 34.8 Å². The molecule has 0 unspecified atom stereocenters. The van der Waals surface area contributed by atoms with Gasteiger partial charge in [0.2, 0.25) is 5.43 Å². The van der Waals surface area contributed by atoms with Gasteiger partial charge in [-0.25, -0.2) is 4.79 Å². The average molecular weight is 1170 g/mol. The van der Waals surface area contributed by atoms with Crippen molar-refractivity contribution in [2.45, 2.75) is 206 Å². The summed E-state index contributed by atoms with van der Waals surface area (Å²) in [6, 6.07) is 5.11. The van der Waals surface area contributed by atoms with Crippen LogP contribution in [0, 0.1) is 35.5 Å². The molecule has 5 heterocycles. The number of aliphatic hydroxyl groups is 3. The number of fused-ring (bicyclic) bond motifs is 1. The van der Waals surface area contributed by atoms with E-state index >= 15 is 0 Å². The second-order valence-electron chi connectivity index (χ2n) is 24.4. The molecule has 4 fully saturated rings. The van der Waals surface area contributed by atoms with Crippen molar-refractivity contribution in [1.29, 1.82) is 0 Å². The van der Waals surface area contributed by atoms with Gasteiger partial charge >= 0.3 is 17.9 Å². The highest BCUT2D eigenvalue weighted by Crippen LogP contribution is 2.42. The maximum Gasteiger partial charge on any atom is 0.343 e. The van der Waals surface area contributed by atoms with Gasteiger partial charge in [-0.05, 0) is 107 Å². The number of aryl methyl sites for hydroxylation is 1. The zero-order chi connectivity index (χ0) is 61.5. The van der Waals surface area contributed by atoms with Crippen molar-refractivity contribution in [3.63, 3.8) is 0 Å². The fraction of sp³-hybridized carbons (Fsp3) is 0.758. The second-order valence-corrected chi connectivity index (χ2v) is 24.4. The number of ketones is 1. The third-order valence-electron chi connectivity index (χ3n) is 18.0. The zero-order valence-electron chi connectivity index (χ0n) is 52.0. The maximum absolute atomic E-state index is 14.6. The Bertz CT molecular complexity index is 2660. The molecule has 18 atom stereocenters. The lowest BCUT2D eigenvalue weighted by molar-refractivity contribution is -0.320. The van der Waals surface area contributed by atoms with Crippen LogP contribution < -0.4 is 5.43 Å². The van der Waals surface area contributed by atoms with E-state index in [4.69, 9.17) is 42.6 Å². The Labute approximate surface area is 490 Å². The summed E-state index contributed by atoms with van der Waals surface area (Å²) in [5.74, 6) is 0.545. The van der Waals surface area contributed by atoms with Crippen LogP contribution in [-0.2, 0) is 63.6 Å². The molecule has 4 saturated heterocycles. The molecule has 0 bridgehead atoms. The van der Waals surface area contributed by atoms with E-state index in [1.54, 1.807) is 60.7 Å². The van der Waals surface area contributed by atoms with Crippen molar-refractivity contribution in [1.82, 2.24) is 19.3 Å². The topological polar surface area (TPSA) is 244 Å². The highest BCUT2D eigenvalue weighted by Gasteiger charge is 2.55. The molecule has 4 aliphatic rings. The number of esters is 3. The van der Waals surface area contributed by atoms with Crippen LogP contribution in [0.25, 0.3) is 10.9 Å². The molecular weight excluding hydrogens is 1070 g/mol. The number of hydrogen-bond donors (Lipinski definition) is 3. The fourth-order valence-electron chi connectivity index (χ4n) is 12.8. The highest BCUT2D eigenvalue weighted by atomic mass is 16.7. The molecule has 21 heteroatoms. The number of likely N-dealkylation sites (N-methyl/N-ethyl adjacent to an activating group) is 1. The minimum atomic E-state index is -2.03. The van der Waals surface area contributed by atoms with E-state index in [0.717, 1.165) is 13.1 Å². The number of methoxy groups -OCH3 is 2. The minimum Gasteiger partial charge on any atom is -0.462 e. The fourth-order valence-corrected chi connectivity index (χ4v) is 12.8. The van der Waals surface area contributed by atoms with Crippen LogP contribution in [0.2, 0.25) is 0 Å². The van der Waals surface area contributed by atoms with Gasteiger partial charge in [-0.15, -0.1) is 0 Å². The largest absolute Gasteiger partial charge is 0.462 e. The molecule has 83 heavy (non-hydrogen) atoms. The molecule has 0 amide bonds. The lowest BCUT2D eigenvalue weighted by Gasteiger charge is -2.50. The average Bonchev–Trinajstić information content (AvgIpc) is 3.47. The lowest BCUT2D eigenvalue weighted by Crippen LogP contribution is -2.61. The number of ether oxygens (including phenoxy) is 9. The number of pyridine rings is 1. The van der Waals surface area contributed by atoms with E-state index in [2.05, 4.69) is 21.6 Å². The maximum atomic E-state index is 14.6. The first-order valence-electron chi connectivity index (χ1n) is 29.8. The standard InChI is InChI=1S/C62H96N4O17/c1-17-47-62(12,74)54(71)38(6)50(68)36(4)33-60(10,75-15)55(83-59-52(70)46(63(13)14)31-37(5)78-59)39(7)53(40(8)57(72)80-47)82-49-34-61(11,76-16)56(41(9)79-49)81-48(67)24-26-65-29-27-64(28-30-65)25-20-21-42-22-23-45-43(32-42)51(69)44(35-66(45)18-2)58(73)77-19-3/h22-23,32,35-41,46-47,49,52-56,59,70-71,74H,17-19,24-31,33-34H2,1-16H3/t36-,37+,38+,39+,40-,41+,46-,47-,49+,52+,53+,54-,55-,56+,59-,60-,61-,62-/m1/s1. The molecule has 21 nitrogen and oxygen atoms in total. The number of piperazine rings is 1. The van der Waals surface area contributed by atoms with Gasteiger partial charge in [-0.2, -0.15) is 0 Å². The predicted octanol–water partition coefficient (Wildman–Crippen LogP) is 4.56. The van der Waals surface area contributed by atoms with Crippen LogP contribution in [0.4, 0.5) is 0 Å². The van der Waals surface area contributed by atoms with E-state index in [0.29, 0.717) is 55.6 Å². The number of benzene rings is 1. The molecule has 1 aromatic carbocycles. The van der Waals surface area contributed by atoms with Gasteiger partial charge in [-0.1, -0.05) is 39.5 Å². The van der Waals surface area contributed by atoms with Crippen LogP contribution >= 0.6 is 0 Å². The number of hydrogen-bond acceptors (Lipinski definition) is 20. The summed E-state index contributed by atoms with van der Waals surface area (Å²) < 4.78 is 58.7. The minimum absolute atomic E-state index is 0.00758. The van der Waals surface area contributed by atoms with Crippen molar-refractivity contribution in [3.8, 4) is 11.8 Å². The lowest BCUT2D eigenvalue weighted by atomic mass is 9.74. The Morgan fingerprint density at radius 3 is 2.12 bits per heavy atom. The molecule has 0 aliphatic carbocycles. The normalized spacial score (nSPS) is 36.4. The number of Topliss-reactive ketones (excluding diaryl/α,β-unsaturated/α-hetero) is 1.